The van der Waals surface area contributed by atoms with Gasteiger partial charge in [0.15, 0.2) is 0 Å². The Morgan fingerprint density at radius 1 is 1.37 bits per heavy atom. The van der Waals surface area contributed by atoms with Crippen LogP contribution in [0.1, 0.15) is 38.3 Å². The minimum Gasteiger partial charge on any atom is -0.494 e. The quantitative estimate of drug-likeness (QED) is 0.853. The fraction of sp³-hybridized carbons (Fsp3) is 0.625. The third-order valence-electron chi connectivity index (χ3n) is 4.05. The Balaban J connectivity index is 2.00. The number of likely N-dealkylation sites (N-methyl/N-ethyl adjacent to an activating group) is 1. The maximum absolute atomic E-state index is 5.49. The maximum Gasteiger partial charge on any atom is 0.119 e. The lowest BCUT2D eigenvalue weighted by Crippen LogP contribution is -2.35. The van der Waals surface area contributed by atoms with Crippen molar-refractivity contribution < 1.29 is 4.74 Å². The lowest BCUT2D eigenvalue weighted by atomic mass is 10.1. The molecule has 2 atom stereocenters. The maximum atomic E-state index is 5.49. The van der Waals surface area contributed by atoms with Gasteiger partial charge in [-0.25, -0.2) is 0 Å². The number of nitrogens with zero attached hydrogens (tertiary/aromatic N) is 1. The second kappa shape index (κ2) is 6.92. The summed E-state index contributed by atoms with van der Waals surface area (Å²) in [6, 6.07) is 9.60. The van der Waals surface area contributed by atoms with E-state index < -0.39 is 0 Å². The Morgan fingerprint density at radius 3 is 2.63 bits per heavy atom. The molecule has 0 aliphatic carbocycles. The normalized spacial score (nSPS) is 21.5. The number of hydrogen-bond acceptors (Lipinski definition) is 3. The number of benzene rings is 1. The summed E-state index contributed by atoms with van der Waals surface area (Å²) >= 11 is 0. The topological polar surface area (TPSA) is 24.5 Å². The van der Waals surface area contributed by atoms with Gasteiger partial charge in [-0.15, -0.1) is 0 Å². The van der Waals surface area contributed by atoms with E-state index in [2.05, 4.69) is 41.4 Å². The molecular formula is C16H26N2O. The van der Waals surface area contributed by atoms with Crippen LogP contribution in [0.2, 0.25) is 0 Å². The van der Waals surface area contributed by atoms with Gasteiger partial charge in [0, 0.05) is 18.6 Å². The third-order valence-corrected chi connectivity index (χ3v) is 4.05. The molecule has 1 aromatic carbocycles. The van der Waals surface area contributed by atoms with Crippen LogP contribution in [0.25, 0.3) is 0 Å². The van der Waals surface area contributed by atoms with Crippen LogP contribution in [0, 0.1) is 0 Å². The van der Waals surface area contributed by atoms with Gasteiger partial charge in [-0.1, -0.05) is 12.1 Å². The standard InChI is InChI=1S/C16H26N2O/c1-4-19-15-9-7-14(8-10-15)16(17-3)12-18-11-5-6-13(18)2/h7-10,13,16-17H,4-6,11-12H2,1-3H3. The molecule has 1 aliphatic heterocycles. The van der Waals surface area contributed by atoms with Crippen molar-refractivity contribution in [1.29, 1.82) is 0 Å². The van der Waals surface area contributed by atoms with Gasteiger partial charge in [-0.05, 0) is 58.0 Å². The number of hydrogen-bond donors (Lipinski definition) is 1. The molecular weight excluding hydrogens is 236 g/mol. The number of rotatable bonds is 6. The monoisotopic (exact) mass is 262 g/mol. The molecule has 1 fully saturated rings. The molecule has 1 aromatic rings. The van der Waals surface area contributed by atoms with Crippen LogP contribution in [-0.2, 0) is 0 Å². The third kappa shape index (κ3) is 3.71. The Labute approximate surface area is 116 Å². The van der Waals surface area contributed by atoms with Gasteiger partial charge in [0.1, 0.15) is 5.75 Å². The highest BCUT2D eigenvalue weighted by Gasteiger charge is 2.23. The SMILES string of the molecule is CCOc1ccc(C(CN2CCCC2C)NC)cc1. The van der Waals surface area contributed by atoms with Gasteiger partial charge in [-0.2, -0.15) is 0 Å². The molecule has 0 spiro atoms. The van der Waals surface area contributed by atoms with Crippen molar-refractivity contribution in [2.24, 2.45) is 0 Å². The molecule has 0 amide bonds. The van der Waals surface area contributed by atoms with E-state index in [1.165, 1.54) is 24.9 Å². The van der Waals surface area contributed by atoms with Gasteiger partial charge in [0.25, 0.3) is 0 Å². The van der Waals surface area contributed by atoms with Crippen LogP contribution in [0.5, 0.6) is 5.75 Å². The van der Waals surface area contributed by atoms with Gasteiger partial charge in [-0.3, -0.25) is 4.90 Å². The van der Waals surface area contributed by atoms with Crippen molar-refractivity contribution in [3.63, 3.8) is 0 Å². The molecule has 1 heterocycles. The van der Waals surface area contributed by atoms with Gasteiger partial charge in [0.2, 0.25) is 0 Å². The highest BCUT2D eigenvalue weighted by Crippen LogP contribution is 2.23. The largest absolute Gasteiger partial charge is 0.494 e. The average Bonchev–Trinajstić information content (AvgIpc) is 2.83. The Bertz CT molecular complexity index is 377. The molecule has 1 saturated heterocycles. The Kier molecular flexibility index (Phi) is 5.23. The first-order valence-electron chi connectivity index (χ1n) is 7.38. The summed E-state index contributed by atoms with van der Waals surface area (Å²) in [5.41, 5.74) is 1.34. The molecule has 3 heteroatoms. The van der Waals surface area contributed by atoms with Crippen LogP contribution in [-0.4, -0.2) is 37.7 Å². The zero-order chi connectivity index (χ0) is 13.7. The smallest absolute Gasteiger partial charge is 0.119 e. The Morgan fingerprint density at radius 2 is 2.11 bits per heavy atom. The second-order valence-corrected chi connectivity index (χ2v) is 5.33. The fourth-order valence-corrected chi connectivity index (χ4v) is 2.82. The molecule has 1 N–H and O–H groups in total. The van der Waals surface area contributed by atoms with Crippen molar-refractivity contribution >= 4 is 0 Å². The van der Waals surface area contributed by atoms with Crippen molar-refractivity contribution in [2.75, 3.05) is 26.7 Å². The Hall–Kier alpha value is -1.06. The van der Waals surface area contributed by atoms with E-state index in [-0.39, 0.29) is 0 Å². The molecule has 19 heavy (non-hydrogen) atoms. The summed E-state index contributed by atoms with van der Waals surface area (Å²) in [6.45, 7) is 7.39. The summed E-state index contributed by atoms with van der Waals surface area (Å²) in [5.74, 6) is 0.954. The molecule has 0 bridgehead atoms. The molecule has 0 aromatic heterocycles. The first kappa shape index (κ1) is 14.4. The van der Waals surface area contributed by atoms with Crippen LogP contribution in [0.15, 0.2) is 24.3 Å². The number of ether oxygens (including phenoxy) is 1. The van der Waals surface area contributed by atoms with E-state index in [0.29, 0.717) is 6.04 Å². The highest BCUT2D eigenvalue weighted by molar-refractivity contribution is 5.29. The molecule has 106 valence electrons. The number of nitrogens with one attached hydrogen (secondary N) is 1. The van der Waals surface area contributed by atoms with E-state index in [0.717, 1.165) is 24.9 Å². The molecule has 0 radical (unpaired) electrons. The molecule has 1 aliphatic rings. The summed E-state index contributed by atoms with van der Waals surface area (Å²) in [4.78, 5) is 2.58. The van der Waals surface area contributed by atoms with Crippen molar-refractivity contribution in [3.8, 4) is 5.75 Å². The van der Waals surface area contributed by atoms with Gasteiger partial charge >= 0.3 is 0 Å². The van der Waals surface area contributed by atoms with Gasteiger partial charge < -0.3 is 10.1 Å². The van der Waals surface area contributed by atoms with Crippen molar-refractivity contribution in [2.45, 2.75) is 38.8 Å². The minimum absolute atomic E-state index is 0.399. The minimum atomic E-state index is 0.399. The van der Waals surface area contributed by atoms with Crippen molar-refractivity contribution in [3.05, 3.63) is 29.8 Å². The van der Waals surface area contributed by atoms with E-state index in [1.807, 2.05) is 14.0 Å². The molecule has 3 nitrogen and oxygen atoms in total. The lowest BCUT2D eigenvalue weighted by molar-refractivity contribution is 0.241. The molecule has 2 unspecified atom stereocenters. The van der Waals surface area contributed by atoms with E-state index in [1.54, 1.807) is 0 Å². The average molecular weight is 262 g/mol. The molecule has 0 saturated carbocycles. The van der Waals surface area contributed by atoms with Crippen LogP contribution in [0.3, 0.4) is 0 Å². The predicted molar refractivity (Wildman–Crippen MR) is 79.7 cm³/mol. The number of likely N-dealkylation sites (tertiary alicyclic amines) is 1. The van der Waals surface area contributed by atoms with Crippen LogP contribution < -0.4 is 10.1 Å². The second-order valence-electron chi connectivity index (χ2n) is 5.33. The van der Waals surface area contributed by atoms with Crippen LogP contribution >= 0.6 is 0 Å². The van der Waals surface area contributed by atoms with Crippen molar-refractivity contribution in [1.82, 2.24) is 10.2 Å². The summed E-state index contributed by atoms with van der Waals surface area (Å²) in [5, 5.41) is 3.43. The summed E-state index contributed by atoms with van der Waals surface area (Å²) < 4.78 is 5.49. The summed E-state index contributed by atoms with van der Waals surface area (Å²) in [6.07, 6.45) is 2.67. The van der Waals surface area contributed by atoms with E-state index in [9.17, 15) is 0 Å². The van der Waals surface area contributed by atoms with Crippen LogP contribution in [0.4, 0.5) is 0 Å². The van der Waals surface area contributed by atoms with E-state index >= 15 is 0 Å². The van der Waals surface area contributed by atoms with Gasteiger partial charge in [0.05, 0.1) is 6.61 Å². The zero-order valence-electron chi connectivity index (χ0n) is 12.4. The summed E-state index contributed by atoms with van der Waals surface area (Å²) in [7, 11) is 2.04. The zero-order valence-corrected chi connectivity index (χ0v) is 12.4. The highest BCUT2D eigenvalue weighted by atomic mass is 16.5. The fourth-order valence-electron chi connectivity index (χ4n) is 2.82. The van der Waals surface area contributed by atoms with E-state index in [4.69, 9.17) is 4.74 Å². The lowest BCUT2D eigenvalue weighted by Gasteiger charge is -2.27. The predicted octanol–water partition coefficient (Wildman–Crippen LogP) is 2.83. The first-order chi connectivity index (χ1) is 9.24. The first-order valence-corrected chi connectivity index (χ1v) is 7.38. The molecule has 2 rings (SSSR count).